The van der Waals surface area contributed by atoms with Gasteiger partial charge in [-0.2, -0.15) is 5.26 Å². The lowest BCUT2D eigenvalue weighted by Crippen LogP contribution is -1.91. The molecule has 0 spiro atoms. The summed E-state index contributed by atoms with van der Waals surface area (Å²) in [7, 11) is 0. The van der Waals surface area contributed by atoms with Crippen molar-refractivity contribution in [2.45, 2.75) is 13.3 Å². The van der Waals surface area contributed by atoms with E-state index in [4.69, 9.17) is 11.6 Å². The number of nitrogens with one attached hydrogen (secondary N) is 1. The first-order valence-electron chi connectivity index (χ1n) is 7.87. The first-order chi connectivity index (χ1) is 12.2. The number of rotatable bonds is 5. The number of aryl methyl sites for hydroxylation is 1. The first kappa shape index (κ1) is 17.2. The van der Waals surface area contributed by atoms with E-state index in [-0.39, 0.29) is 0 Å². The Labute approximate surface area is 156 Å². The van der Waals surface area contributed by atoms with Gasteiger partial charge in [0, 0.05) is 27.9 Å². The Bertz CT molecular complexity index is 936. The van der Waals surface area contributed by atoms with E-state index in [1.807, 2.05) is 17.5 Å². The lowest BCUT2D eigenvalue weighted by molar-refractivity contribution is 1.14. The summed E-state index contributed by atoms with van der Waals surface area (Å²) in [5.41, 5.74) is 4.54. The molecule has 0 saturated carbocycles. The highest BCUT2D eigenvalue weighted by Crippen LogP contribution is 2.26. The number of hydrogen-bond donors (Lipinski definition) is 1. The first-order valence-corrected chi connectivity index (χ1v) is 9.13. The van der Waals surface area contributed by atoms with Gasteiger partial charge >= 0.3 is 0 Å². The SMILES string of the molecule is CCc1ccc(-c2csc(C(C#N)=CNc3cccc(Cl)c3)n2)cc1. The molecular weight excluding hydrogens is 350 g/mol. The molecule has 0 unspecified atom stereocenters. The monoisotopic (exact) mass is 365 g/mol. The van der Waals surface area contributed by atoms with Gasteiger partial charge in [0.15, 0.2) is 0 Å². The summed E-state index contributed by atoms with van der Waals surface area (Å²) in [5.74, 6) is 0. The van der Waals surface area contributed by atoms with Crippen LogP contribution in [0.25, 0.3) is 16.8 Å². The van der Waals surface area contributed by atoms with Gasteiger partial charge in [-0.1, -0.05) is 48.9 Å². The van der Waals surface area contributed by atoms with Crippen LogP contribution in [-0.2, 0) is 6.42 Å². The van der Waals surface area contributed by atoms with Crippen LogP contribution in [0, 0.1) is 11.3 Å². The number of nitriles is 1. The lowest BCUT2D eigenvalue weighted by atomic mass is 10.1. The molecule has 0 saturated heterocycles. The van der Waals surface area contributed by atoms with E-state index in [1.165, 1.54) is 16.9 Å². The molecule has 0 radical (unpaired) electrons. The van der Waals surface area contributed by atoms with E-state index in [2.05, 4.69) is 47.6 Å². The van der Waals surface area contributed by atoms with Crippen LogP contribution in [0.5, 0.6) is 0 Å². The molecule has 2 aromatic carbocycles. The second-order valence-corrected chi connectivity index (χ2v) is 6.71. The van der Waals surface area contributed by atoms with E-state index in [1.54, 1.807) is 18.3 Å². The van der Waals surface area contributed by atoms with Crippen LogP contribution >= 0.6 is 22.9 Å². The van der Waals surface area contributed by atoms with Crippen molar-refractivity contribution in [3.8, 4) is 17.3 Å². The third kappa shape index (κ3) is 4.27. The van der Waals surface area contributed by atoms with Crippen molar-refractivity contribution < 1.29 is 0 Å². The molecule has 3 nitrogen and oxygen atoms in total. The summed E-state index contributed by atoms with van der Waals surface area (Å²) < 4.78 is 0. The summed E-state index contributed by atoms with van der Waals surface area (Å²) in [6.45, 7) is 2.13. The number of hydrogen-bond acceptors (Lipinski definition) is 4. The van der Waals surface area contributed by atoms with Crippen molar-refractivity contribution in [2.75, 3.05) is 5.32 Å². The molecule has 25 heavy (non-hydrogen) atoms. The van der Waals surface area contributed by atoms with Crippen LogP contribution in [0.1, 0.15) is 17.5 Å². The van der Waals surface area contributed by atoms with Gasteiger partial charge in [-0.3, -0.25) is 0 Å². The van der Waals surface area contributed by atoms with Gasteiger partial charge in [0.05, 0.1) is 5.69 Å². The minimum Gasteiger partial charge on any atom is -0.360 e. The summed E-state index contributed by atoms with van der Waals surface area (Å²) in [6, 6.07) is 17.9. The van der Waals surface area contributed by atoms with Gasteiger partial charge < -0.3 is 5.32 Å². The highest BCUT2D eigenvalue weighted by molar-refractivity contribution is 7.11. The normalized spacial score (nSPS) is 11.2. The van der Waals surface area contributed by atoms with E-state index < -0.39 is 0 Å². The van der Waals surface area contributed by atoms with Crippen LogP contribution in [0.2, 0.25) is 5.02 Å². The van der Waals surface area contributed by atoms with Crippen LogP contribution in [0.3, 0.4) is 0 Å². The summed E-state index contributed by atoms with van der Waals surface area (Å²) in [6.07, 6.45) is 2.67. The van der Waals surface area contributed by atoms with Gasteiger partial charge in [-0.05, 0) is 30.2 Å². The second kappa shape index (κ2) is 7.98. The molecule has 0 aliphatic heterocycles. The number of thiazole rings is 1. The Morgan fingerprint density at radius 3 is 2.76 bits per heavy atom. The van der Waals surface area contributed by atoms with Crippen molar-refractivity contribution in [1.82, 2.24) is 4.98 Å². The molecule has 0 aliphatic carbocycles. The van der Waals surface area contributed by atoms with E-state index in [0.29, 0.717) is 15.6 Å². The molecule has 3 rings (SSSR count). The standard InChI is InChI=1S/C20H16ClN3S/c1-2-14-6-8-15(9-7-14)19-13-25-20(24-19)16(11-22)12-23-18-5-3-4-17(21)10-18/h3-10,12-13,23H,2H2,1H3. The molecule has 0 atom stereocenters. The maximum atomic E-state index is 9.44. The molecule has 0 fully saturated rings. The average molecular weight is 366 g/mol. The van der Waals surface area contributed by atoms with Crippen molar-refractivity contribution in [1.29, 1.82) is 5.26 Å². The Hall–Kier alpha value is -2.61. The molecule has 124 valence electrons. The van der Waals surface area contributed by atoms with E-state index in [9.17, 15) is 5.26 Å². The zero-order chi connectivity index (χ0) is 17.6. The fraction of sp³-hybridized carbons (Fsp3) is 0.100. The van der Waals surface area contributed by atoms with Crippen LogP contribution in [0.4, 0.5) is 5.69 Å². The fourth-order valence-electron chi connectivity index (χ4n) is 2.32. The molecule has 1 heterocycles. The number of benzene rings is 2. The average Bonchev–Trinajstić information content (AvgIpc) is 3.12. The smallest absolute Gasteiger partial charge is 0.136 e. The lowest BCUT2D eigenvalue weighted by Gasteiger charge is -2.02. The van der Waals surface area contributed by atoms with Crippen molar-refractivity contribution in [3.05, 3.63) is 75.7 Å². The minimum atomic E-state index is 0.487. The Balaban J connectivity index is 1.81. The molecule has 0 bridgehead atoms. The Kier molecular flexibility index (Phi) is 5.49. The van der Waals surface area contributed by atoms with E-state index in [0.717, 1.165) is 23.4 Å². The summed E-state index contributed by atoms with van der Waals surface area (Å²) in [5, 5.41) is 15.8. The Morgan fingerprint density at radius 2 is 2.08 bits per heavy atom. The fourth-order valence-corrected chi connectivity index (χ4v) is 3.30. The Morgan fingerprint density at radius 1 is 1.28 bits per heavy atom. The number of halogens is 1. The largest absolute Gasteiger partial charge is 0.360 e. The second-order valence-electron chi connectivity index (χ2n) is 5.41. The van der Waals surface area contributed by atoms with Crippen molar-refractivity contribution >= 4 is 34.2 Å². The molecule has 1 N–H and O–H groups in total. The topological polar surface area (TPSA) is 48.7 Å². The summed E-state index contributed by atoms with van der Waals surface area (Å²) >= 11 is 7.43. The van der Waals surface area contributed by atoms with Gasteiger partial charge in [-0.25, -0.2) is 4.98 Å². The predicted octanol–water partition coefficient (Wildman–Crippen LogP) is 6.00. The zero-order valence-corrected chi connectivity index (χ0v) is 15.2. The van der Waals surface area contributed by atoms with Crippen LogP contribution < -0.4 is 5.32 Å². The number of nitrogens with zero attached hydrogens (tertiary/aromatic N) is 2. The van der Waals surface area contributed by atoms with Crippen LogP contribution in [0.15, 0.2) is 60.1 Å². The third-order valence-electron chi connectivity index (χ3n) is 3.72. The highest BCUT2D eigenvalue weighted by Gasteiger charge is 2.09. The molecular formula is C20H16ClN3S. The van der Waals surface area contributed by atoms with Gasteiger partial charge in [0.25, 0.3) is 0 Å². The maximum Gasteiger partial charge on any atom is 0.136 e. The van der Waals surface area contributed by atoms with E-state index >= 15 is 0 Å². The van der Waals surface area contributed by atoms with Crippen molar-refractivity contribution in [2.24, 2.45) is 0 Å². The maximum absolute atomic E-state index is 9.44. The number of anilines is 1. The van der Waals surface area contributed by atoms with Crippen molar-refractivity contribution in [3.63, 3.8) is 0 Å². The third-order valence-corrected chi connectivity index (χ3v) is 4.83. The number of allylic oxidation sites excluding steroid dienone is 1. The quantitative estimate of drug-likeness (QED) is 0.564. The molecule has 0 aliphatic rings. The minimum absolute atomic E-state index is 0.487. The molecule has 5 heteroatoms. The molecule has 1 aromatic heterocycles. The van der Waals surface area contributed by atoms with Crippen LogP contribution in [-0.4, -0.2) is 4.98 Å². The summed E-state index contributed by atoms with van der Waals surface area (Å²) in [4.78, 5) is 4.60. The number of aromatic nitrogens is 1. The highest BCUT2D eigenvalue weighted by atomic mass is 35.5. The molecule has 0 amide bonds. The molecule has 3 aromatic rings. The van der Waals surface area contributed by atoms with Gasteiger partial charge in [-0.15, -0.1) is 11.3 Å². The van der Waals surface area contributed by atoms with Gasteiger partial charge in [0.1, 0.15) is 16.6 Å². The van der Waals surface area contributed by atoms with Gasteiger partial charge in [0.2, 0.25) is 0 Å². The zero-order valence-electron chi connectivity index (χ0n) is 13.7. The predicted molar refractivity (Wildman–Crippen MR) is 106 cm³/mol.